The molecule has 0 aliphatic rings. The predicted molar refractivity (Wildman–Crippen MR) is 76.1 cm³/mol. The van der Waals surface area contributed by atoms with Gasteiger partial charge in [0.1, 0.15) is 0 Å². The van der Waals surface area contributed by atoms with Gasteiger partial charge in [-0.3, -0.25) is 15.4 Å². The Kier molecular flexibility index (Phi) is 7.63. The standard InChI is InChI=1S/C13H28N4O2/c1-10(2)8-11(18)15-6-7-16-12(19)9-17(14)13(3,4)5/h10H,6-9,14H2,1-5H3,(H,15,18)(H,16,19). The molecule has 0 fully saturated rings. The van der Waals surface area contributed by atoms with Crippen LogP contribution in [0.5, 0.6) is 0 Å². The van der Waals surface area contributed by atoms with E-state index in [1.807, 2.05) is 34.6 Å². The number of hydrazine groups is 1. The molecule has 6 heteroatoms. The first-order valence-electron chi connectivity index (χ1n) is 6.68. The van der Waals surface area contributed by atoms with Gasteiger partial charge in [-0.05, 0) is 26.7 Å². The van der Waals surface area contributed by atoms with E-state index in [0.29, 0.717) is 25.4 Å². The minimum atomic E-state index is -0.247. The van der Waals surface area contributed by atoms with Crippen molar-refractivity contribution in [2.24, 2.45) is 11.8 Å². The summed E-state index contributed by atoms with van der Waals surface area (Å²) in [6.45, 7) is 10.8. The van der Waals surface area contributed by atoms with Crippen molar-refractivity contribution in [2.45, 2.75) is 46.6 Å². The highest BCUT2D eigenvalue weighted by molar-refractivity contribution is 5.78. The number of hydrogen-bond donors (Lipinski definition) is 3. The SMILES string of the molecule is CC(C)CC(=O)NCCNC(=O)CN(N)C(C)(C)C. The van der Waals surface area contributed by atoms with E-state index < -0.39 is 0 Å². The van der Waals surface area contributed by atoms with Crippen molar-refractivity contribution in [3.63, 3.8) is 0 Å². The molecule has 0 aromatic rings. The smallest absolute Gasteiger partial charge is 0.235 e. The first kappa shape index (κ1) is 17.9. The van der Waals surface area contributed by atoms with Crippen LogP contribution in [-0.4, -0.2) is 42.0 Å². The Bertz CT molecular complexity index is 298. The minimum Gasteiger partial charge on any atom is -0.354 e. The number of nitrogens with one attached hydrogen (secondary N) is 2. The van der Waals surface area contributed by atoms with Gasteiger partial charge >= 0.3 is 0 Å². The lowest BCUT2D eigenvalue weighted by molar-refractivity contribution is -0.124. The number of nitrogens with two attached hydrogens (primary N) is 1. The second-order valence-electron chi connectivity index (χ2n) is 6.10. The molecule has 0 aromatic heterocycles. The van der Waals surface area contributed by atoms with Crippen molar-refractivity contribution < 1.29 is 9.59 Å². The summed E-state index contributed by atoms with van der Waals surface area (Å²) in [5.41, 5.74) is -0.247. The van der Waals surface area contributed by atoms with Crippen molar-refractivity contribution in [1.82, 2.24) is 15.6 Å². The number of nitrogens with zero attached hydrogens (tertiary/aromatic N) is 1. The number of hydrogen-bond acceptors (Lipinski definition) is 4. The van der Waals surface area contributed by atoms with Gasteiger partial charge in [-0.2, -0.15) is 0 Å². The van der Waals surface area contributed by atoms with E-state index in [0.717, 1.165) is 0 Å². The first-order valence-corrected chi connectivity index (χ1v) is 6.68. The third kappa shape index (κ3) is 9.44. The summed E-state index contributed by atoms with van der Waals surface area (Å²) in [6.07, 6.45) is 0.508. The van der Waals surface area contributed by atoms with Crippen molar-refractivity contribution in [2.75, 3.05) is 19.6 Å². The summed E-state index contributed by atoms with van der Waals surface area (Å²) in [5.74, 6) is 5.97. The van der Waals surface area contributed by atoms with E-state index in [1.165, 1.54) is 5.01 Å². The molecule has 0 atom stereocenters. The van der Waals surface area contributed by atoms with Gasteiger partial charge in [0, 0.05) is 25.0 Å². The zero-order valence-corrected chi connectivity index (χ0v) is 12.7. The van der Waals surface area contributed by atoms with E-state index in [-0.39, 0.29) is 23.9 Å². The van der Waals surface area contributed by atoms with Gasteiger partial charge in [0.15, 0.2) is 0 Å². The average molecular weight is 272 g/mol. The molecule has 4 N–H and O–H groups in total. The number of carbonyl (C=O) groups is 2. The van der Waals surface area contributed by atoms with Crippen molar-refractivity contribution in [3.05, 3.63) is 0 Å². The van der Waals surface area contributed by atoms with Gasteiger partial charge in [0.25, 0.3) is 0 Å². The molecule has 0 aliphatic carbocycles. The Hall–Kier alpha value is -1.14. The zero-order chi connectivity index (χ0) is 15.1. The Balaban J connectivity index is 3.73. The zero-order valence-electron chi connectivity index (χ0n) is 12.7. The second-order valence-corrected chi connectivity index (χ2v) is 6.10. The molecule has 0 heterocycles. The highest BCUT2D eigenvalue weighted by Gasteiger charge is 2.19. The summed E-state index contributed by atoms with van der Waals surface area (Å²) in [5, 5.41) is 6.96. The van der Waals surface area contributed by atoms with E-state index in [1.54, 1.807) is 0 Å². The van der Waals surface area contributed by atoms with Crippen molar-refractivity contribution in [3.8, 4) is 0 Å². The predicted octanol–water partition coefficient (Wildman–Crippen LogP) is 0.239. The molecule has 112 valence electrons. The van der Waals surface area contributed by atoms with Crippen LogP contribution in [0.3, 0.4) is 0 Å². The molecule has 0 aromatic carbocycles. The second kappa shape index (κ2) is 8.12. The molecule has 0 saturated carbocycles. The normalized spacial score (nSPS) is 11.8. The van der Waals surface area contributed by atoms with E-state index in [2.05, 4.69) is 10.6 Å². The van der Waals surface area contributed by atoms with Gasteiger partial charge < -0.3 is 10.6 Å². The molecule has 0 rings (SSSR count). The molecule has 0 saturated heterocycles. The van der Waals surface area contributed by atoms with Crippen molar-refractivity contribution in [1.29, 1.82) is 0 Å². The molecule has 0 bridgehead atoms. The van der Waals surface area contributed by atoms with E-state index in [9.17, 15) is 9.59 Å². The lowest BCUT2D eigenvalue weighted by Crippen LogP contribution is -2.51. The summed E-state index contributed by atoms with van der Waals surface area (Å²) >= 11 is 0. The summed E-state index contributed by atoms with van der Waals surface area (Å²) in [7, 11) is 0. The average Bonchev–Trinajstić information content (AvgIpc) is 2.22. The molecule has 6 nitrogen and oxygen atoms in total. The van der Waals surface area contributed by atoms with Crippen LogP contribution < -0.4 is 16.5 Å². The molecule has 19 heavy (non-hydrogen) atoms. The molecule has 0 unspecified atom stereocenters. The highest BCUT2D eigenvalue weighted by Crippen LogP contribution is 2.06. The maximum atomic E-state index is 11.6. The Morgan fingerprint density at radius 1 is 1.11 bits per heavy atom. The molecule has 0 aliphatic heterocycles. The quantitative estimate of drug-likeness (QED) is 0.352. The molecule has 2 amide bonds. The van der Waals surface area contributed by atoms with Crippen LogP contribution in [0.2, 0.25) is 0 Å². The van der Waals surface area contributed by atoms with Crippen LogP contribution in [0.4, 0.5) is 0 Å². The van der Waals surface area contributed by atoms with Gasteiger partial charge in [0.05, 0.1) is 6.54 Å². The monoisotopic (exact) mass is 272 g/mol. The van der Waals surface area contributed by atoms with Crippen LogP contribution in [0.15, 0.2) is 0 Å². The van der Waals surface area contributed by atoms with Gasteiger partial charge in [0.2, 0.25) is 11.8 Å². The summed E-state index contributed by atoms with van der Waals surface area (Å²) in [4.78, 5) is 22.9. The maximum Gasteiger partial charge on any atom is 0.235 e. The molecular weight excluding hydrogens is 244 g/mol. The van der Waals surface area contributed by atoms with Gasteiger partial charge in [-0.1, -0.05) is 13.8 Å². The third-order valence-electron chi connectivity index (χ3n) is 2.54. The Morgan fingerprint density at radius 3 is 2.00 bits per heavy atom. The highest BCUT2D eigenvalue weighted by atomic mass is 16.2. The topological polar surface area (TPSA) is 87.5 Å². The lowest BCUT2D eigenvalue weighted by atomic mass is 10.1. The first-order chi connectivity index (χ1) is 8.62. The fourth-order valence-corrected chi connectivity index (χ4v) is 1.29. The molecule has 0 spiro atoms. The summed E-state index contributed by atoms with van der Waals surface area (Å²) in [6, 6.07) is 0. The summed E-state index contributed by atoms with van der Waals surface area (Å²) < 4.78 is 0. The van der Waals surface area contributed by atoms with Crippen LogP contribution in [0, 0.1) is 5.92 Å². The molecule has 0 radical (unpaired) electrons. The van der Waals surface area contributed by atoms with Gasteiger partial charge in [-0.15, -0.1) is 0 Å². The van der Waals surface area contributed by atoms with E-state index in [4.69, 9.17) is 5.84 Å². The van der Waals surface area contributed by atoms with Crippen LogP contribution in [0.1, 0.15) is 41.0 Å². The van der Waals surface area contributed by atoms with Gasteiger partial charge in [-0.25, -0.2) is 5.01 Å². The Morgan fingerprint density at radius 2 is 1.58 bits per heavy atom. The largest absolute Gasteiger partial charge is 0.354 e. The van der Waals surface area contributed by atoms with E-state index >= 15 is 0 Å². The lowest BCUT2D eigenvalue weighted by Gasteiger charge is -2.30. The van der Waals surface area contributed by atoms with Crippen LogP contribution in [-0.2, 0) is 9.59 Å². The number of rotatable bonds is 7. The third-order valence-corrected chi connectivity index (χ3v) is 2.54. The van der Waals surface area contributed by atoms with Crippen molar-refractivity contribution >= 4 is 11.8 Å². The number of amides is 2. The fraction of sp³-hybridized carbons (Fsp3) is 0.846. The number of carbonyl (C=O) groups excluding carboxylic acids is 2. The van der Waals surface area contributed by atoms with Crippen LogP contribution in [0.25, 0.3) is 0 Å². The maximum absolute atomic E-state index is 11.6. The van der Waals surface area contributed by atoms with Crippen LogP contribution >= 0.6 is 0 Å². The fourth-order valence-electron chi connectivity index (χ4n) is 1.29. The Labute approximate surface area is 116 Å². The minimum absolute atomic E-state index is 0.0133. The molecular formula is C13H28N4O2.